The minimum atomic E-state index is -0.161. The lowest BCUT2D eigenvalue weighted by molar-refractivity contribution is 0.103. The molecule has 0 N–H and O–H groups in total. The Balaban J connectivity index is 2.42. The van der Waals surface area contributed by atoms with Gasteiger partial charge in [-0.05, 0) is 44.2 Å². The molecule has 0 aliphatic rings. The predicted octanol–water partition coefficient (Wildman–Crippen LogP) is 5.01. The number of halogens is 2. The van der Waals surface area contributed by atoms with E-state index in [1.165, 1.54) is 0 Å². The fraction of sp³-hybridized carbons (Fsp3) is 0.188. The van der Waals surface area contributed by atoms with Gasteiger partial charge in [0, 0.05) is 15.6 Å². The van der Waals surface area contributed by atoms with Gasteiger partial charge >= 0.3 is 0 Å². The van der Waals surface area contributed by atoms with Crippen molar-refractivity contribution in [2.24, 2.45) is 0 Å². The lowest BCUT2D eigenvalue weighted by Crippen LogP contribution is -2.10. The van der Waals surface area contributed by atoms with Crippen LogP contribution in [-0.2, 0) is 0 Å². The zero-order valence-electron chi connectivity index (χ0n) is 11.2. The first-order valence-corrected chi connectivity index (χ1v) is 6.99. The number of carbonyl (C=O) groups excluding carboxylic acids is 1. The molecule has 2 nitrogen and oxygen atoms in total. The van der Waals surface area contributed by atoms with Gasteiger partial charge in [0.2, 0.25) is 0 Å². The van der Waals surface area contributed by atoms with Crippen LogP contribution in [0.5, 0.6) is 5.75 Å². The lowest BCUT2D eigenvalue weighted by atomic mass is 10.0. The van der Waals surface area contributed by atoms with E-state index in [9.17, 15) is 4.79 Å². The van der Waals surface area contributed by atoms with Crippen molar-refractivity contribution in [1.82, 2.24) is 0 Å². The molecule has 20 heavy (non-hydrogen) atoms. The first-order chi connectivity index (χ1) is 9.47. The topological polar surface area (TPSA) is 26.3 Å². The van der Waals surface area contributed by atoms with Gasteiger partial charge in [0.05, 0.1) is 11.7 Å². The Morgan fingerprint density at radius 3 is 2.25 bits per heavy atom. The Labute approximate surface area is 128 Å². The maximum atomic E-state index is 12.6. The van der Waals surface area contributed by atoms with E-state index >= 15 is 0 Å². The van der Waals surface area contributed by atoms with Gasteiger partial charge in [-0.15, -0.1) is 0 Å². The van der Waals surface area contributed by atoms with Crippen molar-refractivity contribution in [2.75, 3.05) is 0 Å². The summed E-state index contributed by atoms with van der Waals surface area (Å²) in [5.41, 5.74) is 0.946. The summed E-state index contributed by atoms with van der Waals surface area (Å²) in [7, 11) is 0. The van der Waals surface area contributed by atoms with E-state index in [0.29, 0.717) is 26.9 Å². The molecule has 2 rings (SSSR count). The number of para-hydroxylation sites is 1. The molecule has 0 fully saturated rings. The highest BCUT2D eigenvalue weighted by molar-refractivity contribution is 6.35. The van der Waals surface area contributed by atoms with Crippen LogP contribution in [-0.4, -0.2) is 11.9 Å². The number of hydrogen-bond acceptors (Lipinski definition) is 2. The third-order valence-corrected chi connectivity index (χ3v) is 3.06. The Kier molecular flexibility index (Phi) is 4.69. The van der Waals surface area contributed by atoms with Crippen LogP contribution in [0.3, 0.4) is 0 Å². The first-order valence-electron chi connectivity index (χ1n) is 6.24. The van der Waals surface area contributed by atoms with Crippen LogP contribution < -0.4 is 4.74 Å². The van der Waals surface area contributed by atoms with Crippen molar-refractivity contribution in [3.8, 4) is 5.75 Å². The number of rotatable bonds is 4. The summed E-state index contributed by atoms with van der Waals surface area (Å²) in [5, 5.41) is 0.867. The summed E-state index contributed by atoms with van der Waals surface area (Å²) < 4.78 is 5.66. The molecule has 0 radical (unpaired) electrons. The minimum Gasteiger partial charge on any atom is -0.490 e. The van der Waals surface area contributed by atoms with Gasteiger partial charge in [0.1, 0.15) is 5.75 Å². The van der Waals surface area contributed by atoms with Crippen LogP contribution in [0, 0.1) is 0 Å². The molecule has 0 amide bonds. The van der Waals surface area contributed by atoms with E-state index in [1.807, 2.05) is 19.9 Å². The molecule has 104 valence electrons. The molecular formula is C16H14Cl2O2. The molecule has 4 heteroatoms. The first kappa shape index (κ1) is 14.9. The zero-order valence-corrected chi connectivity index (χ0v) is 12.7. The van der Waals surface area contributed by atoms with Crippen molar-refractivity contribution in [2.45, 2.75) is 20.0 Å². The fourth-order valence-electron chi connectivity index (χ4n) is 1.85. The van der Waals surface area contributed by atoms with Crippen molar-refractivity contribution in [3.05, 3.63) is 63.6 Å². The Morgan fingerprint density at radius 2 is 1.65 bits per heavy atom. The van der Waals surface area contributed by atoms with Crippen LogP contribution in [0.15, 0.2) is 42.5 Å². The van der Waals surface area contributed by atoms with Crippen LogP contribution in [0.2, 0.25) is 10.0 Å². The second kappa shape index (κ2) is 6.29. The molecular weight excluding hydrogens is 295 g/mol. The molecule has 0 atom stereocenters. The third-order valence-electron chi connectivity index (χ3n) is 2.62. The van der Waals surface area contributed by atoms with E-state index in [0.717, 1.165) is 0 Å². The number of ether oxygens (including phenoxy) is 1. The van der Waals surface area contributed by atoms with Gasteiger partial charge in [0.15, 0.2) is 5.78 Å². The number of benzene rings is 2. The van der Waals surface area contributed by atoms with Crippen LogP contribution in [0.4, 0.5) is 0 Å². The van der Waals surface area contributed by atoms with Gasteiger partial charge in [-0.25, -0.2) is 0 Å². The summed E-state index contributed by atoms with van der Waals surface area (Å²) >= 11 is 11.9. The molecule has 0 saturated heterocycles. The minimum absolute atomic E-state index is 0.00750. The molecule has 0 heterocycles. The molecule has 0 aliphatic heterocycles. The van der Waals surface area contributed by atoms with Crippen molar-refractivity contribution in [1.29, 1.82) is 0 Å². The molecule has 0 aromatic heterocycles. The summed E-state index contributed by atoms with van der Waals surface area (Å²) in [4.78, 5) is 12.6. The summed E-state index contributed by atoms with van der Waals surface area (Å²) in [6, 6.07) is 11.9. The van der Waals surface area contributed by atoms with Crippen molar-refractivity contribution < 1.29 is 9.53 Å². The van der Waals surface area contributed by atoms with E-state index < -0.39 is 0 Å². The van der Waals surface area contributed by atoms with Crippen molar-refractivity contribution >= 4 is 29.0 Å². The van der Waals surface area contributed by atoms with Gasteiger partial charge in [-0.3, -0.25) is 4.79 Å². The smallest absolute Gasteiger partial charge is 0.196 e. The van der Waals surface area contributed by atoms with E-state index in [2.05, 4.69) is 0 Å². The number of hydrogen-bond donors (Lipinski definition) is 0. The second-order valence-corrected chi connectivity index (χ2v) is 5.52. The van der Waals surface area contributed by atoms with Crippen LogP contribution >= 0.6 is 23.2 Å². The standard InChI is InChI=1S/C16H14Cl2O2/c1-10(2)20-15-6-4-3-5-14(15)16(19)11-7-12(17)9-13(18)8-11/h3-10H,1-2H3. The van der Waals surface area contributed by atoms with Gasteiger partial charge < -0.3 is 4.74 Å². The largest absolute Gasteiger partial charge is 0.490 e. The monoisotopic (exact) mass is 308 g/mol. The van der Waals surface area contributed by atoms with Crippen molar-refractivity contribution in [3.63, 3.8) is 0 Å². The average Bonchev–Trinajstić information content (AvgIpc) is 2.36. The SMILES string of the molecule is CC(C)Oc1ccccc1C(=O)c1cc(Cl)cc(Cl)c1. The normalized spacial score (nSPS) is 10.7. The second-order valence-electron chi connectivity index (χ2n) is 4.65. The highest BCUT2D eigenvalue weighted by atomic mass is 35.5. The summed E-state index contributed by atoms with van der Waals surface area (Å²) in [5.74, 6) is 0.397. The predicted molar refractivity (Wildman–Crippen MR) is 82.1 cm³/mol. The molecule has 0 spiro atoms. The molecule has 0 saturated carbocycles. The Morgan fingerprint density at radius 1 is 1.05 bits per heavy atom. The van der Waals surface area contributed by atoms with E-state index in [1.54, 1.807) is 36.4 Å². The van der Waals surface area contributed by atoms with Crippen LogP contribution in [0.25, 0.3) is 0 Å². The molecule has 0 unspecified atom stereocenters. The lowest BCUT2D eigenvalue weighted by Gasteiger charge is -2.13. The fourth-order valence-corrected chi connectivity index (χ4v) is 2.38. The Hall–Kier alpha value is -1.51. The number of carbonyl (C=O) groups is 1. The van der Waals surface area contributed by atoms with E-state index in [4.69, 9.17) is 27.9 Å². The summed E-state index contributed by atoms with van der Waals surface area (Å²) in [6.07, 6.45) is -0.00750. The maximum Gasteiger partial charge on any atom is 0.196 e. The molecule has 0 bridgehead atoms. The van der Waals surface area contributed by atoms with E-state index in [-0.39, 0.29) is 11.9 Å². The van der Waals surface area contributed by atoms with Gasteiger partial charge in [-0.2, -0.15) is 0 Å². The van der Waals surface area contributed by atoms with Gasteiger partial charge in [-0.1, -0.05) is 35.3 Å². The molecule has 2 aromatic rings. The van der Waals surface area contributed by atoms with Gasteiger partial charge in [0.25, 0.3) is 0 Å². The number of ketones is 1. The average molecular weight is 309 g/mol. The highest BCUT2D eigenvalue weighted by Crippen LogP contribution is 2.26. The highest BCUT2D eigenvalue weighted by Gasteiger charge is 2.16. The summed E-state index contributed by atoms with van der Waals surface area (Å²) in [6.45, 7) is 3.83. The third kappa shape index (κ3) is 3.53. The quantitative estimate of drug-likeness (QED) is 0.742. The Bertz CT molecular complexity index is 616. The molecule has 2 aromatic carbocycles. The molecule has 0 aliphatic carbocycles. The zero-order chi connectivity index (χ0) is 14.7. The van der Waals surface area contributed by atoms with Crippen LogP contribution in [0.1, 0.15) is 29.8 Å². The maximum absolute atomic E-state index is 12.6.